The summed E-state index contributed by atoms with van der Waals surface area (Å²) < 4.78 is 5.60. The largest absolute Gasteiger partial charge is 0.478 e. The molecule has 3 rings (SSSR count). The number of H-pyrrole nitrogens is 1. The minimum absolute atomic E-state index is 0.638. The Morgan fingerprint density at radius 2 is 2.04 bits per heavy atom. The molecule has 23 heavy (non-hydrogen) atoms. The molecule has 4 heteroatoms. The average Bonchev–Trinajstić information content (AvgIpc) is 3.26. The van der Waals surface area contributed by atoms with Gasteiger partial charge in [0, 0.05) is 23.5 Å². The number of nitrogens with zero attached hydrogens (tertiary/aromatic N) is 2. The number of allylic oxidation sites excluding steroid dienone is 1. The Kier molecular flexibility index (Phi) is 4.39. The molecule has 4 nitrogen and oxygen atoms in total. The van der Waals surface area contributed by atoms with Gasteiger partial charge >= 0.3 is 0 Å². The van der Waals surface area contributed by atoms with Crippen LogP contribution in [0.5, 0.6) is 0 Å². The van der Waals surface area contributed by atoms with Crippen molar-refractivity contribution in [1.29, 1.82) is 5.26 Å². The molecule has 2 aromatic rings. The molecule has 0 atom stereocenters. The van der Waals surface area contributed by atoms with Crippen molar-refractivity contribution < 1.29 is 4.74 Å². The number of hydrogen-bond acceptors (Lipinski definition) is 3. The second kappa shape index (κ2) is 6.80. The third kappa shape index (κ3) is 3.24. The van der Waals surface area contributed by atoms with Crippen molar-refractivity contribution in [3.8, 4) is 6.07 Å². The number of ether oxygens (including phenoxy) is 1. The molecule has 0 aliphatic carbocycles. The topological polar surface area (TPSA) is 61.2 Å². The quantitative estimate of drug-likeness (QED) is 0.926. The summed E-state index contributed by atoms with van der Waals surface area (Å²) in [6.45, 7) is 2.72. The van der Waals surface area contributed by atoms with E-state index in [-0.39, 0.29) is 0 Å². The van der Waals surface area contributed by atoms with E-state index in [1.165, 1.54) is 0 Å². The fourth-order valence-corrected chi connectivity index (χ4v) is 2.41. The van der Waals surface area contributed by atoms with E-state index in [9.17, 15) is 0 Å². The lowest BCUT2D eigenvalue weighted by Gasteiger charge is -2.08. The van der Waals surface area contributed by atoms with Crippen LogP contribution in [0.3, 0.4) is 0 Å². The summed E-state index contributed by atoms with van der Waals surface area (Å²) in [5.74, 6) is 0.638. The molecule has 0 saturated carbocycles. The smallest absolute Gasteiger partial charge is 0.213 e. The number of aromatic amines is 1. The number of rotatable bonds is 4. The molecular weight excluding hydrogens is 286 g/mol. The zero-order valence-electron chi connectivity index (χ0n) is 12.9. The fraction of sp³-hybridized carbons (Fsp3) is 0.158. The monoisotopic (exact) mass is 303 g/mol. The van der Waals surface area contributed by atoms with Gasteiger partial charge < -0.3 is 9.72 Å². The number of benzene rings is 1. The minimum atomic E-state index is 0.638. The zero-order valence-corrected chi connectivity index (χ0v) is 12.9. The maximum Gasteiger partial charge on any atom is 0.213 e. The van der Waals surface area contributed by atoms with Crippen LogP contribution in [0.25, 0.3) is 5.57 Å². The first kappa shape index (κ1) is 14.9. The Bertz CT molecular complexity index is 803. The summed E-state index contributed by atoms with van der Waals surface area (Å²) in [7, 11) is 0. The van der Waals surface area contributed by atoms with Crippen LogP contribution in [-0.4, -0.2) is 17.5 Å². The van der Waals surface area contributed by atoms with Gasteiger partial charge in [0.05, 0.1) is 23.9 Å². The molecule has 0 bridgehead atoms. The van der Waals surface area contributed by atoms with Crippen molar-refractivity contribution in [1.82, 2.24) is 4.98 Å². The van der Waals surface area contributed by atoms with Gasteiger partial charge in [0.1, 0.15) is 0 Å². The Morgan fingerprint density at radius 3 is 2.70 bits per heavy atom. The van der Waals surface area contributed by atoms with Crippen LogP contribution in [0.2, 0.25) is 0 Å². The van der Waals surface area contributed by atoms with Crippen LogP contribution in [0.4, 0.5) is 0 Å². The van der Waals surface area contributed by atoms with Crippen LogP contribution in [-0.2, 0) is 4.74 Å². The standard InChI is InChI=1S/C19H17N3O/c1-2-12-23-18-10-9-17(22-18)19(16-4-3-11-21-16)15-7-5-14(13-20)6-8-15/h3-11,21H,2,12H2,1H3/b19-17+. The van der Waals surface area contributed by atoms with E-state index in [2.05, 4.69) is 23.0 Å². The van der Waals surface area contributed by atoms with E-state index >= 15 is 0 Å². The molecule has 1 N–H and O–H groups in total. The highest BCUT2D eigenvalue weighted by Crippen LogP contribution is 2.29. The Labute approximate surface area is 135 Å². The molecule has 1 aromatic carbocycles. The molecule has 114 valence electrons. The highest BCUT2D eigenvalue weighted by molar-refractivity contribution is 5.95. The van der Waals surface area contributed by atoms with Gasteiger partial charge in [-0.1, -0.05) is 19.1 Å². The predicted octanol–water partition coefficient (Wildman–Crippen LogP) is 4.04. The molecule has 1 aliphatic rings. The van der Waals surface area contributed by atoms with Gasteiger partial charge in [-0.2, -0.15) is 5.26 Å². The van der Waals surface area contributed by atoms with Gasteiger partial charge in [-0.05, 0) is 42.3 Å². The summed E-state index contributed by atoms with van der Waals surface area (Å²) in [5.41, 5.74) is 4.47. The molecule has 1 aliphatic heterocycles. The van der Waals surface area contributed by atoms with E-state index in [0.29, 0.717) is 18.1 Å². The lowest BCUT2D eigenvalue weighted by atomic mass is 9.99. The van der Waals surface area contributed by atoms with Gasteiger partial charge in [0.2, 0.25) is 5.90 Å². The molecule has 0 fully saturated rings. The molecule has 0 radical (unpaired) electrons. The van der Waals surface area contributed by atoms with E-state index in [0.717, 1.165) is 28.9 Å². The normalized spacial score (nSPS) is 15.2. The predicted molar refractivity (Wildman–Crippen MR) is 90.8 cm³/mol. The van der Waals surface area contributed by atoms with E-state index in [1.807, 2.05) is 54.7 Å². The van der Waals surface area contributed by atoms with Crippen LogP contribution in [0.15, 0.2) is 65.4 Å². The SMILES string of the molecule is CCCOC1=N/C(=C(\c2ccc(C#N)cc2)c2ccc[nH]2)C=C1. The van der Waals surface area contributed by atoms with Crippen molar-refractivity contribution in [2.75, 3.05) is 6.61 Å². The first-order chi connectivity index (χ1) is 11.3. The molecule has 0 amide bonds. The second-order valence-corrected chi connectivity index (χ2v) is 5.17. The second-order valence-electron chi connectivity index (χ2n) is 5.17. The van der Waals surface area contributed by atoms with Crippen LogP contribution in [0, 0.1) is 11.3 Å². The number of nitrogens with one attached hydrogen (secondary N) is 1. The maximum absolute atomic E-state index is 8.96. The zero-order chi connectivity index (χ0) is 16.1. The molecule has 1 aromatic heterocycles. The van der Waals surface area contributed by atoms with Crippen molar-refractivity contribution in [2.24, 2.45) is 4.99 Å². The molecular formula is C19H17N3O. The van der Waals surface area contributed by atoms with Crippen LogP contribution >= 0.6 is 0 Å². The number of aliphatic imine (C=N–C) groups is 1. The third-order valence-corrected chi connectivity index (χ3v) is 3.49. The summed E-state index contributed by atoms with van der Waals surface area (Å²) in [6, 6.07) is 13.6. The van der Waals surface area contributed by atoms with Gasteiger partial charge in [-0.15, -0.1) is 0 Å². The van der Waals surface area contributed by atoms with Crippen molar-refractivity contribution in [3.05, 3.63) is 77.3 Å². The highest BCUT2D eigenvalue weighted by atomic mass is 16.5. The lowest BCUT2D eigenvalue weighted by molar-refractivity contribution is 0.308. The summed E-state index contributed by atoms with van der Waals surface area (Å²) in [6.07, 6.45) is 6.68. The van der Waals surface area contributed by atoms with Crippen molar-refractivity contribution >= 4 is 11.5 Å². The maximum atomic E-state index is 8.96. The first-order valence-electron chi connectivity index (χ1n) is 7.60. The number of nitriles is 1. The molecule has 0 saturated heterocycles. The summed E-state index contributed by atoms with van der Waals surface area (Å²) >= 11 is 0. The summed E-state index contributed by atoms with van der Waals surface area (Å²) in [5, 5.41) is 8.96. The molecule has 0 spiro atoms. The minimum Gasteiger partial charge on any atom is -0.478 e. The van der Waals surface area contributed by atoms with Crippen LogP contribution in [0.1, 0.15) is 30.2 Å². The summed E-state index contributed by atoms with van der Waals surface area (Å²) in [4.78, 5) is 7.81. The van der Waals surface area contributed by atoms with Gasteiger partial charge in [0.15, 0.2) is 0 Å². The average molecular weight is 303 g/mol. The van der Waals surface area contributed by atoms with Gasteiger partial charge in [-0.3, -0.25) is 0 Å². The Hall–Kier alpha value is -3.06. The number of hydrogen-bond donors (Lipinski definition) is 1. The lowest BCUT2D eigenvalue weighted by Crippen LogP contribution is -1.99. The van der Waals surface area contributed by atoms with Gasteiger partial charge in [-0.25, -0.2) is 4.99 Å². The van der Waals surface area contributed by atoms with E-state index < -0.39 is 0 Å². The highest BCUT2D eigenvalue weighted by Gasteiger charge is 2.15. The Morgan fingerprint density at radius 1 is 1.22 bits per heavy atom. The molecule has 2 heterocycles. The number of aromatic nitrogens is 1. The third-order valence-electron chi connectivity index (χ3n) is 3.49. The van der Waals surface area contributed by atoms with Gasteiger partial charge in [0.25, 0.3) is 0 Å². The first-order valence-corrected chi connectivity index (χ1v) is 7.60. The van der Waals surface area contributed by atoms with Crippen LogP contribution < -0.4 is 0 Å². The van der Waals surface area contributed by atoms with Crippen molar-refractivity contribution in [2.45, 2.75) is 13.3 Å². The van der Waals surface area contributed by atoms with E-state index in [4.69, 9.17) is 10.00 Å². The van der Waals surface area contributed by atoms with Crippen molar-refractivity contribution in [3.63, 3.8) is 0 Å². The van der Waals surface area contributed by atoms with E-state index in [1.54, 1.807) is 0 Å². The molecule has 0 unspecified atom stereocenters. The fourth-order valence-electron chi connectivity index (χ4n) is 2.41. The Balaban J connectivity index is 2.04.